The van der Waals surface area contributed by atoms with Gasteiger partial charge in [-0.2, -0.15) is 0 Å². The number of aromatic nitrogens is 4. The van der Waals surface area contributed by atoms with E-state index in [0.717, 1.165) is 50.2 Å². The molecule has 2 heterocycles. The van der Waals surface area contributed by atoms with E-state index in [1.165, 1.54) is 134 Å². The van der Waals surface area contributed by atoms with Gasteiger partial charge < -0.3 is 4.74 Å². The van der Waals surface area contributed by atoms with Gasteiger partial charge in [0.15, 0.2) is 0 Å². The molecule has 2 aromatic heterocycles. The van der Waals surface area contributed by atoms with Crippen molar-refractivity contribution < 1.29 is 4.74 Å². The molecule has 356 valence electrons. The van der Waals surface area contributed by atoms with Crippen LogP contribution in [0.2, 0.25) is 0 Å². The van der Waals surface area contributed by atoms with E-state index in [0.29, 0.717) is 36.9 Å². The number of unbranched alkanes of at least 4 members (excludes halogenated alkanes) is 12. The van der Waals surface area contributed by atoms with Crippen molar-refractivity contribution in [3.8, 4) is 0 Å². The molecule has 0 aliphatic rings. The topological polar surface area (TPSA) is 60.8 Å². The zero-order chi connectivity index (χ0) is 46.7. The molecule has 6 aromatic rings. The van der Waals surface area contributed by atoms with Crippen LogP contribution in [0.4, 0.5) is 0 Å². The predicted octanol–water partition coefficient (Wildman–Crippen LogP) is 17.0. The molecule has 4 atom stereocenters. The molecule has 0 saturated carbocycles. The molecule has 4 unspecified atom stereocenters. The summed E-state index contributed by atoms with van der Waals surface area (Å²) in [4.78, 5) is 19.3. The lowest BCUT2D eigenvalue weighted by Gasteiger charge is -2.21. The second-order valence-electron chi connectivity index (χ2n) is 19.5. The third kappa shape index (κ3) is 17.9. The smallest absolute Gasteiger partial charge is 0.131 e. The van der Waals surface area contributed by atoms with E-state index in [1.807, 2.05) is 0 Å². The van der Waals surface area contributed by atoms with Gasteiger partial charge in [0.2, 0.25) is 0 Å². The van der Waals surface area contributed by atoms with Crippen molar-refractivity contribution >= 4 is 0 Å². The van der Waals surface area contributed by atoms with Gasteiger partial charge in [0.1, 0.15) is 11.6 Å². The fourth-order valence-electron chi connectivity index (χ4n) is 9.56. The van der Waals surface area contributed by atoms with Crippen LogP contribution in [0.5, 0.6) is 0 Å². The largest absolute Gasteiger partial charge is 0.372 e. The lowest BCUT2D eigenvalue weighted by Crippen LogP contribution is -2.07. The van der Waals surface area contributed by atoms with Crippen molar-refractivity contribution in [3.05, 3.63) is 190 Å². The average Bonchev–Trinajstić information content (AvgIpc) is 3.37. The summed E-state index contributed by atoms with van der Waals surface area (Å²) in [5, 5.41) is 0. The van der Waals surface area contributed by atoms with Crippen LogP contribution in [0, 0.1) is 0 Å². The highest BCUT2D eigenvalue weighted by molar-refractivity contribution is 5.36. The number of ether oxygens (including phenoxy) is 1. The van der Waals surface area contributed by atoms with Gasteiger partial charge in [-0.15, -0.1) is 0 Å². The quantitative estimate of drug-likeness (QED) is 0.0395. The van der Waals surface area contributed by atoms with Crippen molar-refractivity contribution in [1.29, 1.82) is 0 Å². The minimum Gasteiger partial charge on any atom is -0.372 e. The van der Waals surface area contributed by atoms with E-state index < -0.39 is 0 Å². The predicted molar refractivity (Wildman–Crippen MR) is 281 cm³/mol. The third-order valence-corrected chi connectivity index (χ3v) is 14.0. The Morgan fingerprint density at radius 1 is 0.358 bits per heavy atom. The Morgan fingerprint density at radius 2 is 0.687 bits per heavy atom. The van der Waals surface area contributed by atoms with E-state index in [2.05, 4.69) is 162 Å². The molecule has 0 aliphatic heterocycles. The van der Waals surface area contributed by atoms with Crippen molar-refractivity contribution in [3.63, 3.8) is 0 Å². The Bertz CT molecular complexity index is 2010. The highest BCUT2D eigenvalue weighted by Gasteiger charge is 2.20. The minimum atomic E-state index is 0.293. The highest BCUT2D eigenvalue weighted by atomic mass is 16.5. The van der Waals surface area contributed by atoms with Gasteiger partial charge in [0, 0.05) is 48.5 Å². The molecule has 0 saturated heterocycles. The van der Waals surface area contributed by atoms with Gasteiger partial charge in [-0.25, -0.2) is 19.9 Å². The molecule has 67 heavy (non-hydrogen) atoms. The summed E-state index contributed by atoms with van der Waals surface area (Å²) in [7, 11) is 0. The zero-order valence-electron chi connectivity index (χ0n) is 41.8. The molecule has 0 amide bonds. The molecule has 0 N–H and O–H groups in total. The molecular formula is C62H82N4O. The summed E-state index contributed by atoms with van der Waals surface area (Å²) < 4.78 is 6.31. The number of hydrogen-bond donors (Lipinski definition) is 0. The van der Waals surface area contributed by atoms with Crippen LogP contribution >= 0.6 is 0 Å². The monoisotopic (exact) mass is 899 g/mol. The fourth-order valence-corrected chi connectivity index (χ4v) is 9.56. The van der Waals surface area contributed by atoms with E-state index in [9.17, 15) is 0 Å². The normalized spacial score (nSPS) is 13.3. The van der Waals surface area contributed by atoms with Crippen LogP contribution in [0.3, 0.4) is 0 Å². The van der Waals surface area contributed by atoms with E-state index in [1.54, 1.807) is 0 Å². The van der Waals surface area contributed by atoms with Gasteiger partial charge in [0.25, 0.3) is 0 Å². The lowest BCUT2D eigenvalue weighted by atomic mass is 9.85. The Morgan fingerprint density at radius 3 is 1.04 bits per heavy atom. The second-order valence-corrected chi connectivity index (χ2v) is 19.5. The van der Waals surface area contributed by atoms with Crippen LogP contribution in [-0.2, 0) is 30.8 Å². The van der Waals surface area contributed by atoms with Gasteiger partial charge >= 0.3 is 0 Å². The number of aryl methyl sites for hydroxylation is 2. The molecule has 6 rings (SSSR count). The van der Waals surface area contributed by atoms with Gasteiger partial charge in [-0.05, 0) is 95.9 Å². The maximum Gasteiger partial charge on any atom is 0.131 e. The van der Waals surface area contributed by atoms with Crippen molar-refractivity contribution in [2.45, 2.75) is 193 Å². The SMILES string of the molecule is CCCCCCCCCc1cnc(C(C)CCC(c2ccccc2)c2ccc(COCc3ccc(C(CCC(C)c4ncc(CCCCCCCCC)cn4)c4ccccc4)cc3)cc2)nc1. The first-order chi connectivity index (χ1) is 33.0. The molecule has 5 nitrogen and oxygen atoms in total. The summed E-state index contributed by atoms with van der Waals surface area (Å²) >= 11 is 0. The average molecular weight is 899 g/mol. The summed E-state index contributed by atoms with van der Waals surface area (Å²) in [6, 6.07) is 40.1. The number of nitrogens with zero attached hydrogens (tertiary/aromatic N) is 4. The Hall–Kier alpha value is -5.00. The van der Waals surface area contributed by atoms with E-state index in [-0.39, 0.29) is 0 Å². The first-order valence-corrected chi connectivity index (χ1v) is 26.5. The van der Waals surface area contributed by atoms with Crippen LogP contribution < -0.4 is 0 Å². The van der Waals surface area contributed by atoms with Crippen LogP contribution in [0.15, 0.2) is 134 Å². The van der Waals surface area contributed by atoms with Gasteiger partial charge in [0.05, 0.1) is 13.2 Å². The van der Waals surface area contributed by atoms with Crippen molar-refractivity contribution in [2.75, 3.05) is 0 Å². The van der Waals surface area contributed by atoms with E-state index in [4.69, 9.17) is 24.7 Å². The zero-order valence-corrected chi connectivity index (χ0v) is 41.8. The molecular weight excluding hydrogens is 817 g/mol. The summed E-state index contributed by atoms with van der Waals surface area (Å²) in [6.07, 6.45) is 33.1. The molecule has 0 bridgehead atoms. The molecule has 0 fully saturated rings. The first kappa shape index (κ1) is 51.4. The molecule has 0 aliphatic carbocycles. The van der Waals surface area contributed by atoms with Crippen LogP contribution in [-0.4, -0.2) is 19.9 Å². The first-order valence-electron chi connectivity index (χ1n) is 26.5. The number of rotatable bonds is 32. The Labute approximate surface area is 406 Å². The summed E-state index contributed by atoms with van der Waals surface area (Å²) in [6.45, 7) is 10.3. The number of benzene rings is 4. The molecule has 0 radical (unpaired) electrons. The number of hydrogen-bond acceptors (Lipinski definition) is 5. The fraction of sp³-hybridized carbons (Fsp3) is 0.484. The molecule has 0 spiro atoms. The second kappa shape index (κ2) is 29.7. The lowest BCUT2D eigenvalue weighted by molar-refractivity contribution is 0.107. The molecule has 4 aromatic carbocycles. The van der Waals surface area contributed by atoms with Gasteiger partial charge in [-0.1, -0.05) is 214 Å². The minimum absolute atomic E-state index is 0.293. The molecule has 5 heteroatoms. The summed E-state index contributed by atoms with van der Waals surface area (Å²) in [5.74, 6) is 3.11. The van der Waals surface area contributed by atoms with Crippen molar-refractivity contribution in [2.24, 2.45) is 0 Å². The van der Waals surface area contributed by atoms with Crippen molar-refractivity contribution in [1.82, 2.24) is 19.9 Å². The summed E-state index contributed by atoms with van der Waals surface area (Å²) in [5.41, 5.74) is 10.3. The maximum atomic E-state index is 6.31. The van der Waals surface area contributed by atoms with Gasteiger partial charge in [-0.3, -0.25) is 0 Å². The van der Waals surface area contributed by atoms with Crippen LogP contribution in [0.25, 0.3) is 0 Å². The highest BCUT2D eigenvalue weighted by Crippen LogP contribution is 2.34. The Kier molecular flexibility index (Phi) is 22.8. The standard InChI is InChI=1S/C62H82N4O/c1-5-7-9-11-13-15-19-25-53-43-63-61(64-44-53)49(3)31-41-59(55-27-21-17-22-28-55)57-37-33-51(34-38-57)47-67-48-52-35-39-58(40-36-52)60(56-29-23-18-24-30-56)42-32-50(4)62-65-45-54(46-66-62)26-20-16-14-12-10-8-6-2/h17-18,21-24,27-30,33-40,43-46,49-50,59-60H,5-16,19-20,25-26,31-32,41-42,47-48H2,1-4H3. The van der Waals surface area contributed by atoms with E-state index >= 15 is 0 Å². The van der Waals surface area contributed by atoms with Crippen LogP contribution in [0.1, 0.15) is 223 Å². The Balaban J connectivity index is 0.967. The third-order valence-electron chi connectivity index (χ3n) is 14.0. The maximum absolute atomic E-state index is 6.31.